The van der Waals surface area contributed by atoms with Gasteiger partial charge in [0.05, 0.1) is 0 Å². The third kappa shape index (κ3) is 7.16. The summed E-state index contributed by atoms with van der Waals surface area (Å²) in [5.41, 5.74) is 0.817. The number of benzene rings is 1. The van der Waals surface area contributed by atoms with E-state index in [1.807, 2.05) is 6.07 Å². The molecule has 2 amide bonds. The van der Waals surface area contributed by atoms with Gasteiger partial charge in [-0.25, -0.2) is 4.79 Å². The Hall–Kier alpha value is -1.40. The maximum absolute atomic E-state index is 12.1. The van der Waals surface area contributed by atoms with Crippen LogP contribution in [0.5, 0.6) is 0 Å². The standard InChI is InChI=1S/C18H25ClN2O3S/c1-20-17(22)16(11-13-6-3-2-4-7-13)25-21-18(23)24-12-14-8-5-9-15(19)10-14/h5,8-10,13,16H,2-4,6-7,11-12H2,1H3,(H,20,22)(H,21,23)/t16-/m0/s1. The largest absolute Gasteiger partial charge is 0.444 e. The molecular formula is C18H25ClN2O3S. The number of hydrogen-bond acceptors (Lipinski definition) is 4. The van der Waals surface area contributed by atoms with Crippen LogP contribution in [0.3, 0.4) is 0 Å². The van der Waals surface area contributed by atoms with Crippen LogP contribution in [0.1, 0.15) is 44.1 Å². The lowest BCUT2D eigenvalue weighted by Gasteiger charge is -2.25. The van der Waals surface area contributed by atoms with E-state index in [-0.39, 0.29) is 17.8 Å². The molecule has 0 aliphatic heterocycles. The van der Waals surface area contributed by atoms with E-state index in [1.54, 1.807) is 25.2 Å². The van der Waals surface area contributed by atoms with Gasteiger partial charge in [0.25, 0.3) is 0 Å². The van der Waals surface area contributed by atoms with Gasteiger partial charge in [0, 0.05) is 12.1 Å². The molecule has 25 heavy (non-hydrogen) atoms. The van der Waals surface area contributed by atoms with Crippen LogP contribution in [0, 0.1) is 5.92 Å². The summed E-state index contributed by atoms with van der Waals surface area (Å²) < 4.78 is 7.81. The molecule has 1 fully saturated rings. The highest BCUT2D eigenvalue weighted by Gasteiger charge is 2.25. The van der Waals surface area contributed by atoms with Crippen molar-refractivity contribution in [1.29, 1.82) is 0 Å². The zero-order valence-electron chi connectivity index (χ0n) is 14.4. The molecule has 2 rings (SSSR count). The predicted molar refractivity (Wildman–Crippen MR) is 101 cm³/mol. The van der Waals surface area contributed by atoms with Crippen LogP contribution in [0.2, 0.25) is 5.02 Å². The lowest BCUT2D eigenvalue weighted by atomic mass is 9.86. The Balaban J connectivity index is 1.78. The molecule has 1 aromatic carbocycles. The van der Waals surface area contributed by atoms with Crippen LogP contribution in [-0.4, -0.2) is 24.3 Å². The lowest BCUT2D eigenvalue weighted by Crippen LogP contribution is -2.34. The second-order valence-electron chi connectivity index (χ2n) is 6.27. The fourth-order valence-electron chi connectivity index (χ4n) is 3.02. The molecule has 1 atom stereocenters. The van der Waals surface area contributed by atoms with Crippen LogP contribution >= 0.6 is 23.5 Å². The normalized spacial score (nSPS) is 16.1. The summed E-state index contributed by atoms with van der Waals surface area (Å²) in [6, 6.07) is 7.15. The van der Waals surface area contributed by atoms with Gasteiger partial charge in [0.2, 0.25) is 5.91 Å². The van der Waals surface area contributed by atoms with Crippen LogP contribution in [0.25, 0.3) is 0 Å². The minimum absolute atomic E-state index is 0.0642. The fourth-order valence-corrected chi connectivity index (χ4v) is 4.12. The summed E-state index contributed by atoms with van der Waals surface area (Å²) in [5.74, 6) is 0.485. The van der Waals surface area contributed by atoms with Gasteiger partial charge < -0.3 is 10.1 Å². The number of carbonyl (C=O) groups excluding carboxylic acids is 2. The van der Waals surface area contributed by atoms with Crippen molar-refractivity contribution in [3.05, 3.63) is 34.9 Å². The van der Waals surface area contributed by atoms with Gasteiger partial charge in [0.1, 0.15) is 11.9 Å². The molecule has 1 aromatic rings. The van der Waals surface area contributed by atoms with Gasteiger partial charge in [-0.3, -0.25) is 9.52 Å². The van der Waals surface area contributed by atoms with Crippen LogP contribution in [0.4, 0.5) is 4.79 Å². The van der Waals surface area contributed by atoms with Crippen molar-refractivity contribution < 1.29 is 14.3 Å². The highest BCUT2D eigenvalue weighted by molar-refractivity contribution is 7.99. The third-order valence-electron chi connectivity index (χ3n) is 4.35. The Morgan fingerprint density at radius 1 is 1.32 bits per heavy atom. The first kappa shape index (κ1) is 19.9. The summed E-state index contributed by atoms with van der Waals surface area (Å²) >= 11 is 7.03. The fraction of sp³-hybridized carbons (Fsp3) is 0.556. The van der Waals surface area contributed by atoms with E-state index in [9.17, 15) is 9.59 Å². The monoisotopic (exact) mass is 384 g/mol. The Morgan fingerprint density at radius 2 is 2.08 bits per heavy atom. The van der Waals surface area contributed by atoms with E-state index in [4.69, 9.17) is 16.3 Å². The van der Waals surface area contributed by atoms with Crippen molar-refractivity contribution in [2.45, 2.75) is 50.4 Å². The van der Waals surface area contributed by atoms with E-state index < -0.39 is 6.09 Å². The topological polar surface area (TPSA) is 67.4 Å². The summed E-state index contributed by atoms with van der Waals surface area (Å²) in [7, 11) is 1.62. The molecule has 1 saturated carbocycles. The summed E-state index contributed by atoms with van der Waals surface area (Å²) in [6.45, 7) is 0.139. The van der Waals surface area contributed by atoms with E-state index in [0.717, 1.165) is 36.8 Å². The maximum Gasteiger partial charge on any atom is 0.417 e. The summed E-state index contributed by atoms with van der Waals surface area (Å²) in [6.07, 6.45) is 6.28. The van der Waals surface area contributed by atoms with Gasteiger partial charge in [-0.1, -0.05) is 55.8 Å². The number of amides is 2. The Labute approximate surface area is 158 Å². The van der Waals surface area contributed by atoms with Crippen molar-refractivity contribution in [1.82, 2.24) is 10.0 Å². The van der Waals surface area contributed by atoms with Crippen molar-refractivity contribution >= 4 is 35.5 Å². The van der Waals surface area contributed by atoms with E-state index in [0.29, 0.717) is 10.9 Å². The summed E-state index contributed by atoms with van der Waals surface area (Å²) in [5, 5.41) is 2.98. The Morgan fingerprint density at radius 3 is 2.76 bits per heavy atom. The van der Waals surface area contributed by atoms with E-state index >= 15 is 0 Å². The smallest absolute Gasteiger partial charge is 0.417 e. The van der Waals surface area contributed by atoms with Gasteiger partial charge in [-0.2, -0.15) is 0 Å². The summed E-state index contributed by atoms with van der Waals surface area (Å²) in [4.78, 5) is 24.0. The average Bonchev–Trinajstić information content (AvgIpc) is 2.63. The minimum atomic E-state index is -0.553. The molecule has 138 valence electrons. The molecule has 0 radical (unpaired) electrons. The molecule has 2 N–H and O–H groups in total. The highest BCUT2D eigenvalue weighted by atomic mass is 35.5. The van der Waals surface area contributed by atoms with Gasteiger partial charge in [0.15, 0.2) is 0 Å². The molecule has 0 unspecified atom stereocenters. The van der Waals surface area contributed by atoms with Crippen LogP contribution in [0.15, 0.2) is 24.3 Å². The second kappa shape index (κ2) is 10.6. The Bertz CT molecular complexity index is 579. The van der Waals surface area contributed by atoms with E-state index in [1.165, 1.54) is 19.3 Å². The predicted octanol–water partition coefficient (Wildman–Crippen LogP) is 4.30. The van der Waals surface area contributed by atoms with Gasteiger partial charge >= 0.3 is 6.09 Å². The SMILES string of the molecule is CNC(=O)[C@H](CC1CCCCC1)SNC(=O)OCc1cccc(Cl)c1. The van der Waals surface area contributed by atoms with Crippen molar-refractivity contribution in [2.75, 3.05) is 7.05 Å². The molecule has 5 nitrogen and oxygen atoms in total. The number of nitrogens with one attached hydrogen (secondary N) is 2. The lowest BCUT2D eigenvalue weighted by molar-refractivity contribution is -0.120. The van der Waals surface area contributed by atoms with Crippen LogP contribution < -0.4 is 10.0 Å². The minimum Gasteiger partial charge on any atom is -0.444 e. The number of halogens is 1. The molecule has 1 aliphatic rings. The van der Waals surface area contributed by atoms with Gasteiger partial charge in [-0.05, 0) is 42.0 Å². The van der Waals surface area contributed by atoms with E-state index in [2.05, 4.69) is 10.0 Å². The molecular weight excluding hydrogens is 360 g/mol. The molecule has 0 aromatic heterocycles. The van der Waals surface area contributed by atoms with Crippen LogP contribution in [-0.2, 0) is 16.1 Å². The van der Waals surface area contributed by atoms with Crippen molar-refractivity contribution in [2.24, 2.45) is 5.92 Å². The van der Waals surface area contributed by atoms with Crippen molar-refractivity contribution in [3.63, 3.8) is 0 Å². The first-order valence-corrected chi connectivity index (χ1v) is 9.88. The molecule has 0 heterocycles. The number of carbonyl (C=O) groups is 2. The molecule has 1 aliphatic carbocycles. The first-order chi connectivity index (χ1) is 12.1. The molecule has 0 saturated heterocycles. The second-order valence-corrected chi connectivity index (χ2v) is 7.71. The third-order valence-corrected chi connectivity index (χ3v) is 5.57. The molecule has 0 bridgehead atoms. The molecule has 7 heteroatoms. The van der Waals surface area contributed by atoms with Gasteiger partial charge in [-0.15, -0.1) is 0 Å². The quantitative estimate of drug-likeness (QED) is 0.688. The number of rotatable bonds is 7. The molecule has 0 spiro atoms. The average molecular weight is 385 g/mol. The number of ether oxygens (including phenoxy) is 1. The zero-order chi connectivity index (χ0) is 18.1. The van der Waals surface area contributed by atoms with Crippen molar-refractivity contribution in [3.8, 4) is 0 Å². The first-order valence-electron chi connectivity index (χ1n) is 8.63. The highest BCUT2D eigenvalue weighted by Crippen LogP contribution is 2.30. The zero-order valence-corrected chi connectivity index (χ0v) is 16.0. The number of hydrogen-bond donors (Lipinski definition) is 2. The maximum atomic E-state index is 12.1. The Kier molecular flexibility index (Phi) is 8.41.